The van der Waals surface area contributed by atoms with E-state index in [0.717, 1.165) is 15.5 Å². The maximum Gasteiger partial charge on any atom is 0.235 e. The zero-order valence-corrected chi connectivity index (χ0v) is 12.7. The highest BCUT2D eigenvalue weighted by Crippen LogP contribution is 2.29. The van der Waals surface area contributed by atoms with Gasteiger partial charge in [0.25, 0.3) is 0 Å². The predicted octanol–water partition coefficient (Wildman–Crippen LogP) is 4.10. The number of amides is 1. The first kappa shape index (κ1) is 14.7. The molecule has 5 heteroatoms. The van der Waals surface area contributed by atoms with Gasteiger partial charge >= 0.3 is 0 Å². The normalized spacial score (nSPS) is 10.1. The molecule has 1 N–H and O–H groups in total. The van der Waals surface area contributed by atoms with Crippen LogP contribution in [0.1, 0.15) is 5.56 Å². The van der Waals surface area contributed by atoms with Crippen molar-refractivity contribution < 1.29 is 9.53 Å². The van der Waals surface area contributed by atoms with Crippen molar-refractivity contribution in [3.63, 3.8) is 0 Å². The molecule has 0 saturated heterocycles. The second-order valence-corrected chi connectivity index (χ2v) is 5.91. The van der Waals surface area contributed by atoms with Crippen LogP contribution in [-0.4, -0.2) is 18.8 Å². The van der Waals surface area contributed by atoms with Crippen molar-refractivity contribution >= 4 is 39.8 Å². The van der Waals surface area contributed by atoms with Crippen LogP contribution < -0.4 is 5.32 Å². The van der Waals surface area contributed by atoms with E-state index in [9.17, 15) is 4.79 Å². The first-order chi connectivity index (χ1) is 9.70. The molecule has 0 aliphatic carbocycles. The van der Waals surface area contributed by atoms with Gasteiger partial charge in [0.05, 0.1) is 18.4 Å². The van der Waals surface area contributed by atoms with E-state index in [-0.39, 0.29) is 5.91 Å². The van der Waals surface area contributed by atoms with Crippen LogP contribution in [0, 0.1) is 0 Å². The Labute approximate surface area is 126 Å². The summed E-state index contributed by atoms with van der Waals surface area (Å²) in [5.41, 5.74) is 0.829. The molecule has 0 atom stereocenters. The van der Waals surface area contributed by atoms with Crippen LogP contribution in [0.3, 0.4) is 0 Å². The molecule has 1 aromatic heterocycles. The van der Waals surface area contributed by atoms with E-state index < -0.39 is 0 Å². The molecule has 0 aliphatic rings. The molecule has 0 radical (unpaired) electrons. The van der Waals surface area contributed by atoms with E-state index in [1.165, 1.54) is 23.1 Å². The molecule has 1 amide bonds. The van der Waals surface area contributed by atoms with Crippen molar-refractivity contribution in [3.8, 4) is 0 Å². The van der Waals surface area contributed by atoms with Gasteiger partial charge in [-0.25, -0.2) is 0 Å². The fraction of sp³-hybridized carbons (Fsp3) is 0.133. The smallest absolute Gasteiger partial charge is 0.235 e. The third-order valence-electron chi connectivity index (χ3n) is 2.58. The van der Waals surface area contributed by atoms with E-state index >= 15 is 0 Å². The molecule has 0 fully saturated rings. The lowest BCUT2D eigenvalue weighted by atomic mass is 10.3. The number of thiophene rings is 1. The molecule has 2 aromatic rings. The number of benzene rings is 1. The van der Waals surface area contributed by atoms with E-state index in [2.05, 4.69) is 11.9 Å². The minimum Gasteiger partial charge on any atom is -0.497 e. The molecule has 20 heavy (non-hydrogen) atoms. The van der Waals surface area contributed by atoms with Crippen molar-refractivity contribution in [2.75, 3.05) is 18.2 Å². The Balaban J connectivity index is 1.92. The second kappa shape index (κ2) is 7.17. The van der Waals surface area contributed by atoms with E-state index in [1.54, 1.807) is 7.11 Å². The van der Waals surface area contributed by atoms with Gasteiger partial charge in [-0.3, -0.25) is 4.79 Å². The first-order valence-electron chi connectivity index (χ1n) is 5.99. The van der Waals surface area contributed by atoms with Crippen LogP contribution in [0.5, 0.6) is 0 Å². The molecule has 0 saturated carbocycles. The number of methoxy groups -OCH3 is 1. The quantitative estimate of drug-likeness (QED) is 0.645. The number of hydrogen-bond acceptors (Lipinski definition) is 4. The molecule has 0 unspecified atom stereocenters. The maximum atomic E-state index is 12.0. The lowest BCUT2D eigenvalue weighted by molar-refractivity contribution is -0.113. The fourth-order valence-corrected chi connectivity index (χ4v) is 3.11. The monoisotopic (exact) mass is 305 g/mol. The maximum absolute atomic E-state index is 12.0. The van der Waals surface area contributed by atoms with Crippen LogP contribution >= 0.6 is 23.1 Å². The molecule has 104 valence electrons. The number of nitrogens with one attached hydrogen (secondary N) is 1. The number of carbonyl (C=O) groups is 1. The minimum atomic E-state index is -0.0357. The highest BCUT2D eigenvalue weighted by molar-refractivity contribution is 8.00. The standard InChI is InChI=1S/C15H15NO2S2/c1-11(18-2)13-8-9-19-15(13)16-14(17)10-20-12-6-4-3-5-7-12/h3-9H,1,10H2,2H3,(H,16,17). The van der Waals surface area contributed by atoms with Gasteiger partial charge in [-0.2, -0.15) is 0 Å². The number of thioether (sulfide) groups is 1. The van der Waals surface area contributed by atoms with E-state index in [0.29, 0.717) is 11.5 Å². The molecule has 0 spiro atoms. The van der Waals surface area contributed by atoms with Gasteiger partial charge in [-0.1, -0.05) is 24.8 Å². The summed E-state index contributed by atoms with van der Waals surface area (Å²) >= 11 is 2.97. The van der Waals surface area contributed by atoms with Crippen molar-refractivity contribution in [1.29, 1.82) is 0 Å². The second-order valence-electron chi connectivity index (χ2n) is 3.94. The highest BCUT2D eigenvalue weighted by Gasteiger charge is 2.11. The fourth-order valence-electron chi connectivity index (χ4n) is 1.56. The summed E-state index contributed by atoms with van der Waals surface area (Å²) in [6.45, 7) is 3.81. The lowest BCUT2D eigenvalue weighted by Crippen LogP contribution is -2.14. The summed E-state index contributed by atoms with van der Waals surface area (Å²) in [7, 11) is 1.57. The highest BCUT2D eigenvalue weighted by atomic mass is 32.2. The van der Waals surface area contributed by atoms with Crippen LogP contribution in [0.25, 0.3) is 5.76 Å². The molecular weight excluding hydrogens is 290 g/mol. The third kappa shape index (κ3) is 3.88. The van der Waals surface area contributed by atoms with Gasteiger partial charge in [0, 0.05) is 4.90 Å². The Morgan fingerprint density at radius 1 is 1.35 bits per heavy atom. The SMILES string of the molecule is C=C(OC)c1ccsc1NC(=O)CSc1ccccc1. The minimum absolute atomic E-state index is 0.0357. The van der Waals surface area contributed by atoms with Gasteiger partial charge in [0.15, 0.2) is 0 Å². The predicted molar refractivity (Wildman–Crippen MR) is 86.2 cm³/mol. The molecule has 1 aromatic carbocycles. The topological polar surface area (TPSA) is 38.3 Å². The van der Waals surface area contributed by atoms with Gasteiger partial charge in [0.2, 0.25) is 5.91 Å². The molecule has 0 aliphatic heterocycles. The van der Waals surface area contributed by atoms with Crippen molar-refractivity contribution in [1.82, 2.24) is 0 Å². The summed E-state index contributed by atoms with van der Waals surface area (Å²) < 4.78 is 5.10. The number of rotatable bonds is 6. The van der Waals surface area contributed by atoms with Crippen LogP contribution in [0.2, 0.25) is 0 Å². The Morgan fingerprint density at radius 3 is 2.80 bits per heavy atom. The molecule has 2 rings (SSSR count). The van der Waals surface area contributed by atoms with E-state index in [4.69, 9.17) is 4.74 Å². The zero-order valence-electron chi connectivity index (χ0n) is 11.1. The summed E-state index contributed by atoms with van der Waals surface area (Å²) in [5.74, 6) is 0.893. The first-order valence-corrected chi connectivity index (χ1v) is 7.85. The Morgan fingerprint density at radius 2 is 2.10 bits per heavy atom. The number of ether oxygens (including phenoxy) is 1. The number of carbonyl (C=O) groups excluding carboxylic acids is 1. The van der Waals surface area contributed by atoms with Crippen molar-refractivity contribution in [2.45, 2.75) is 4.90 Å². The number of anilines is 1. The Hall–Kier alpha value is -1.72. The molecular formula is C15H15NO2S2. The average Bonchev–Trinajstić information content (AvgIpc) is 2.93. The summed E-state index contributed by atoms with van der Waals surface area (Å²) in [4.78, 5) is 13.0. The summed E-state index contributed by atoms with van der Waals surface area (Å²) in [5, 5.41) is 5.57. The summed E-state index contributed by atoms with van der Waals surface area (Å²) in [6.07, 6.45) is 0. The van der Waals surface area contributed by atoms with Gasteiger partial charge < -0.3 is 10.1 Å². The largest absolute Gasteiger partial charge is 0.497 e. The van der Waals surface area contributed by atoms with Crippen LogP contribution in [-0.2, 0) is 9.53 Å². The molecule has 0 bridgehead atoms. The van der Waals surface area contributed by atoms with Crippen molar-refractivity contribution in [2.24, 2.45) is 0 Å². The lowest BCUT2D eigenvalue weighted by Gasteiger charge is -2.07. The Bertz CT molecular complexity index is 593. The van der Waals surface area contributed by atoms with Crippen molar-refractivity contribution in [3.05, 3.63) is 53.9 Å². The molecule has 1 heterocycles. The average molecular weight is 305 g/mol. The van der Waals surface area contributed by atoms with Crippen LogP contribution in [0.4, 0.5) is 5.00 Å². The Kier molecular flexibility index (Phi) is 5.26. The van der Waals surface area contributed by atoms with Crippen LogP contribution in [0.15, 0.2) is 53.3 Å². The zero-order chi connectivity index (χ0) is 14.4. The van der Waals surface area contributed by atoms with Gasteiger partial charge in [0.1, 0.15) is 10.8 Å². The summed E-state index contributed by atoms with van der Waals surface area (Å²) in [6, 6.07) is 11.7. The van der Waals surface area contributed by atoms with Gasteiger partial charge in [-0.15, -0.1) is 23.1 Å². The van der Waals surface area contributed by atoms with E-state index in [1.807, 2.05) is 41.8 Å². The third-order valence-corrected chi connectivity index (χ3v) is 4.42. The molecule has 3 nitrogen and oxygen atoms in total. The number of hydrogen-bond donors (Lipinski definition) is 1. The van der Waals surface area contributed by atoms with Gasteiger partial charge in [-0.05, 0) is 23.6 Å².